The van der Waals surface area contributed by atoms with Gasteiger partial charge in [-0.2, -0.15) is 10.1 Å². The minimum absolute atomic E-state index is 0.0830. The second kappa shape index (κ2) is 5.97. The minimum Gasteiger partial charge on any atom is -0.330 e. The lowest BCUT2D eigenvalue weighted by atomic mass is 9.96. The van der Waals surface area contributed by atoms with Crippen LogP contribution in [-0.2, 0) is 4.79 Å². The van der Waals surface area contributed by atoms with Gasteiger partial charge >= 0.3 is 0 Å². The van der Waals surface area contributed by atoms with E-state index in [4.69, 9.17) is 5.73 Å². The molecule has 2 N–H and O–H groups in total. The van der Waals surface area contributed by atoms with Crippen LogP contribution >= 0.6 is 0 Å². The van der Waals surface area contributed by atoms with Gasteiger partial charge in [-0.15, -0.1) is 0 Å². The maximum atomic E-state index is 12.5. The monoisotopic (exact) mass is 259 g/mol. The molecule has 1 heterocycles. The topological polar surface area (TPSA) is 58.7 Å². The molecular formula is C15H21N3O. The van der Waals surface area contributed by atoms with Crippen molar-refractivity contribution in [3.8, 4) is 0 Å². The second-order valence-electron chi connectivity index (χ2n) is 4.86. The first-order valence-electron chi connectivity index (χ1n) is 6.86. The third-order valence-electron chi connectivity index (χ3n) is 3.54. The normalized spacial score (nSPS) is 18.9. The number of anilines is 1. The lowest BCUT2D eigenvalue weighted by Gasteiger charge is -2.16. The van der Waals surface area contributed by atoms with E-state index in [9.17, 15) is 4.79 Å². The van der Waals surface area contributed by atoms with Crippen LogP contribution < -0.4 is 10.7 Å². The first-order chi connectivity index (χ1) is 9.19. The van der Waals surface area contributed by atoms with Crippen molar-refractivity contribution in [3.05, 3.63) is 29.8 Å². The molecule has 19 heavy (non-hydrogen) atoms. The van der Waals surface area contributed by atoms with Gasteiger partial charge in [0.15, 0.2) is 0 Å². The molecule has 0 fully saturated rings. The smallest absolute Gasteiger partial charge is 0.256 e. The molecule has 1 atom stereocenters. The van der Waals surface area contributed by atoms with E-state index >= 15 is 0 Å². The van der Waals surface area contributed by atoms with E-state index in [0.717, 1.165) is 36.2 Å². The maximum absolute atomic E-state index is 12.5. The lowest BCUT2D eigenvalue weighted by molar-refractivity contribution is -0.119. The number of nitrogens with two attached hydrogens (primary N) is 1. The van der Waals surface area contributed by atoms with Crippen LogP contribution in [0.5, 0.6) is 0 Å². The fraction of sp³-hybridized carbons (Fsp3) is 0.467. The summed E-state index contributed by atoms with van der Waals surface area (Å²) >= 11 is 0. The fourth-order valence-electron chi connectivity index (χ4n) is 2.44. The maximum Gasteiger partial charge on any atom is 0.256 e. The molecule has 1 aromatic carbocycles. The zero-order chi connectivity index (χ0) is 13.8. The van der Waals surface area contributed by atoms with Gasteiger partial charge in [0.25, 0.3) is 5.91 Å². The molecule has 0 radical (unpaired) electrons. The molecule has 0 aliphatic carbocycles. The van der Waals surface area contributed by atoms with Crippen molar-refractivity contribution >= 4 is 17.3 Å². The molecule has 1 aromatic rings. The van der Waals surface area contributed by atoms with Crippen molar-refractivity contribution in [3.63, 3.8) is 0 Å². The van der Waals surface area contributed by atoms with Crippen LogP contribution in [0.1, 0.15) is 31.7 Å². The zero-order valence-corrected chi connectivity index (χ0v) is 11.6. The Labute approximate surface area is 114 Å². The number of carbonyl (C=O) groups excluding carboxylic acids is 1. The standard InChI is InChI=1S/C15H21N3O/c1-3-13-12(8-6-10-16)15(19)18(17-13)14-9-5-4-7-11(14)2/h4-5,7,9,12H,3,6,8,10,16H2,1-2H3. The molecule has 2 rings (SSSR count). The average Bonchev–Trinajstić information content (AvgIpc) is 2.73. The van der Waals surface area contributed by atoms with Crippen LogP contribution in [0.15, 0.2) is 29.4 Å². The predicted octanol–water partition coefficient (Wildman–Crippen LogP) is 2.46. The van der Waals surface area contributed by atoms with Crippen LogP contribution in [0.4, 0.5) is 5.69 Å². The van der Waals surface area contributed by atoms with Crippen LogP contribution in [0, 0.1) is 12.8 Å². The molecule has 4 nitrogen and oxygen atoms in total. The summed E-state index contributed by atoms with van der Waals surface area (Å²) in [5, 5.41) is 6.08. The quantitative estimate of drug-likeness (QED) is 0.883. The highest BCUT2D eigenvalue weighted by Gasteiger charge is 2.35. The van der Waals surface area contributed by atoms with Crippen molar-refractivity contribution in [1.29, 1.82) is 0 Å². The molecule has 1 unspecified atom stereocenters. The van der Waals surface area contributed by atoms with Gasteiger partial charge in [-0.1, -0.05) is 25.1 Å². The number of aryl methyl sites for hydroxylation is 1. The Morgan fingerprint density at radius 3 is 2.74 bits per heavy atom. The van der Waals surface area contributed by atoms with Gasteiger partial charge in [-0.25, -0.2) is 0 Å². The van der Waals surface area contributed by atoms with Crippen molar-refractivity contribution in [2.24, 2.45) is 16.8 Å². The summed E-state index contributed by atoms with van der Waals surface area (Å²) < 4.78 is 0. The van der Waals surface area contributed by atoms with Gasteiger partial charge < -0.3 is 5.73 Å². The summed E-state index contributed by atoms with van der Waals surface area (Å²) in [6, 6.07) is 7.84. The molecule has 0 spiro atoms. The highest BCUT2D eigenvalue weighted by molar-refractivity contribution is 6.15. The molecule has 1 amide bonds. The van der Waals surface area contributed by atoms with Gasteiger partial charge in [-0.05, 0) is 44.4 Å². The number of hydrogen-bond acceptors (Lipinski definition) is 3. The largest absolute Gasteiger partial charge is 0.330 e. The molecule has 4 heteroatoms. The summed E-state index contributed by atoms with van der Waals surface area (Å²) in [6.45, 7) is 4.66. The molecule has 0 saturated carbocycles. The molecule has 102 valence electrons. The highest BCUT2D eigenvalue weighted by Crippen LogP contribution is 2.29. The van der Waals surface area contributed by atoms with E-state index in [0.29, 0.717) is 6.54 Å². The summed E-state index contributed by atoms with van der Waals surface area (Å²) in [4.78, 5) is 12.5. The molecule has 0 aromatic heterocycles. The number of hydrogen-bond donors (Lipinski definition) is 1. The average molecular weight is 259 g/mol. The Morgan fingerprint density at radius 1 is 1.37 bits per heavy atom. The Bertz CT molecular complexity index is 496. The first-order valence-corrected chi connectivity index (χ1v) is 6.86. The van der Waals surface area contributed by atoms with Crippen molar-refractivity contribution in [1.82, 2.24) is 0 Å². The summed E-state index contributed by atoms with van der Waals surface area (Å²) in [5.41, 5.74) is 8.47. The number of amides is 1. The minimum atomic E-state index is -0.0897. The SMILES string of the molecule is CCC1=NN(c2ccccc2C)C(=O)C1CCCN. The van der Waals surface area contributed by atoms with E-state index in [2.05, 4.69) is 5.10 Å². The molecular weight excluding hydrogens is 238 g/mol. The van der Waals surface area contributed by atoms with E-state index < -0.39 is 0 Å². The van der Waals surface area contributed by atoms with Crippen LogP contribution in [0.2, 0.25) is 0 Å². The number of carbonyl (C=O) groups is 1. The van der Waals surface area contributed by atoms with E-state index in [1.807, 2.05) is 38.1 Å². The van der Waals surface area contributed by atoms with Crippen molar-refractivity contribution in [2.75, 3.05) is 11.6 Å². The number of nitrogens with zero attached hydrogens (tertiary/aromatic N) is 2. The molecule has 0 bridgehead atoms. The van der Waals surface area contributed by atoms with Crippen LogP contribution in [0.25, 0.3) is 0 Å². The molecule has 1 aliphatic rings. The first kappa shape index (κ1) is 13.7. The Kier molecular flexibility index (Phi) is 4.32. The summed E-state index contributed by atoms with van der Waals surface area (Å²) in [7, 11) is 0. The predicted molar refractivity (Wildman–Crippen MR) is 78.2 cm³/mol. The third kappa shape index (κ3) is 2.68. The van der Waals surface area contributed by atoms with Crippen LogP contribution in [0.3, 0.4) is 0 Å². The molecule has 1 aliphatic heterocycles. The Morgan fingerprint density at radius 2 is 2.11 bits per heavy atom. The van der Waals surface area contributed by atoms with Gasteiger partial charge in [0.05, 0.1) is 17.3 Å². The van der Waals surface area contributed by atoms with E-state index in [1.165, 1.54) is 0 Å². The fourth-order valence-corrected chi connectivity index (χ4v) is 2.44. The number of para-hydroxylation sites is 1. The van der Waals surface area contributed by atoms with Crippen molar-refractivity contribution < 1.29 is 4.79 Å². The van der Waals surface area contributed by atoms with Gasteiger partial charge in [0.1, 0.15) is 0 Å². The summed E-state index contributed by atoms with van der Waals surface area (Å²) in [5.74, 6) is -0.00671. The van der Waals surface area contributed by atoms with Gasteiger partial charge in [-0.3, -0.25) is 4.79 Å². The Balaban J connectivity index is 2.27. The summed E-state index contributed by atoms with van der Waals surface area (Å²) in [6.07, 6.45) is 2.46. The highest BCUT2D eigenvalue weighted by atomic mass is 16.2. The van der Waals surface area contributed by atoms with E-state index in [-0.39, 0.29) is 11.8 Å². The van der Waals surface area contributed by atoms with Gasteiger partial charge in [0.2, 0.25) is 0 Å². The second-order valence-corrected chi connectivity index (χ2v) is 4.86. The number of hydrazone groups is 1. The number of benzene rings is 1. The lowest BCUT2D eigenvalue weighted by Crippen LogP contribution is -2.28. The van der Waals surface area contributed by atoms with E-state index in [1.54, 1.807) is 5.01 Å². The zero-order valence-electron chi connectivity index (χ0n) is 11.6. The molecule has 0 saturated heterocycles. The van der Waals surface area contributed by atoms with Crippen molar-refractivity contribution in [2.45, 2.75) is 33.1 Å². The Hall–Kier alpha value is -1.68. The van der Waals surface area contributed by atoms with Crippen LogP contribution in [-0.4, -0.2) is 18.2 Å². The number of rotatable bonds is 5. The third-order valence-corrected chi connectivity index (χ3v) is 3.54. The van der Waals surface area contributed by atoms with Gasteiger partial charge in [0, 0.05) is 0 Å².